The zero-order valence-electron chi connectivity index (χ0n) is 11.3. The van der Waals surface area contributed by atoms with E-state index in [9.17, 15) is 0 Å². The van der Waals surface area contributed by atoms with Crippen LogP contribution in [0.4, 0.5) is 0 Å². The molecule has 0 spiro atoms. The molecule has 0 radical (unpaired) electrons. The highest BCUT2D eigenvalue weighted by atomic mass is 28.3. The lowest BCUT2D eigenvalue weighted by Crippen LogP contribution is -2.22. The highest BCUT2D eigenvalue weighted by Gasteiger charge is 2.22. The van der Waals surface area contributed by atoms with Crippen LogP contribution in [0.5, 0.6) is 0 Å². The molecule has 0 amide bonds. The van der Waals surface area contributed by atoms with Crippen molar-refractivity contribution in [1.82, 2.24) is 9.78 Å². The average molecular weight is 252 g/mol. The topological polar surface area (TPSA) is 27.1 Å². The summed E-state index contributed by atoms with van der Waals surface area (Å²) in [4.78, 5) is 0. The maximum atomic E-state index is 5.66. The highest BCUT2D eigenvalue weighted by molar-refractivity contribution is 6.76. The molecule has 0 N–H and O–H groups in total. The molecule has 1 aromatic rings. The normalized spacial score (nSPS) is 16.4. The largest absolute Gasteiger partial charge is 0.360 e. The summed E-state index contributed by atoms with van der Waals surface area (Å²) in [6, 6.07) is 3.35. The van der Waals surface area contributed by atoms with Gasteiger partial charge >= 0.3 is 0 Å². The number of rotatable bonds is 7. The number of nitrogens with zero attached hydrogens (tertiary/aromatic N) is 2. The first-order chi connectivity index (χ1) is 8.03. The Morgan fingerprint density at radius 3 is 2.82 bits per heavy atom. The molecular formula is C13H24N2OSi. The van der Waals surface area contributed by atoms with Gasteiger partial charge in [-0.05, 0) is 37.3 Å². The molecular weight excluding hydrogens is 228 g/mol. The summed E-state index contributed by atoms with van der Waals surface area (Å²) in [5.74, 6) is 0.908. The maximum absolute atomic E-state index is 5.66. The summed E-state index contributed by atoms with van der Waals surface area (Å²) in [5.41, 5.74) is 1.22. The molecule has 1 saturated carbocycles. The molecule has 1 heterocycles. The molecule has 1 aliphatic carbocycles. The van der Waals surface area contributed by atoms with Crippen LogP contribution in [0.15, 0.2) is 12.3 Å². The molecule has 1 fully saturated rings. The quantitative estimate of drug-likeness (QED) is 0.550. The van der Waals surface area contributed by atoms with E-state index < -0.39 is 8.07 Å². The fraction of sp³-hybridized carbons (Fsp3) is 0.769. The van der Waals surface area contributed by atoms with Gasteiger partial charge in [-0.25, -0.2) is 4.68 Å². The minimum absolute atomic E-state index is 0.606. The zero-order chi connectivity index (χ0) is 12.3. The molecule has 1 aliphatic rings. The Labute approximate surface area is 105 Å². The van der Waals surface area contributed by atoms with Gasteiger partial charge in [-0.3, -0.25) is 0 Å². The van der Waals surface area contributed by atoms with Crippen molar-refractivity contribution in [2.24, 2.45) is 5.92 Å². The van der Waals surface area contributed by atoms with Gasteiger partial charge in [0.25, 0.3) is 0 Å². The number of hydrogen-bond donors (Lipinski definition) is 0. The third-order valence-electron chi connectivity index (χ3n) is 3.11. The van der Waals surface area contributed by atoms with E-state index in [0.717, 1.165) is 18.9 Å². The van der Waals surface area contributed by atoms with E-state index >= 15 is 0 Å². The second-order valence-electron chi connectivity index (χ2n) is 6.34. The van der Waals surface area contributed by atoms with Gasteiger partial charge in [0.1, 0.15) is 6.73 Å². The van der Waals surface area contributed by atoms with Gasteiger partial charge in [0.15, 0.2) is 0 Å². The van der Waals surface area contributed by atoms with Gasteiger partial charge in [-0.1, -0.05) is 19.6 Å². The smallest absolute Gasteiger partial charge is 0.139 e. The van der Waals surface area contributed by atoms with E-state index in [1.165, 1.54) is 24.6 Å². The van der Waals surface area contributed by atoms with Gasteiger partial charge < -0.3 is 4.74 Å². The third kappa shape index (κ3) is 5.04. The van der Waals surface area contributed by atoms with Gasteiger partial charge in [-0.15, -0.1) is 0 Å². The fourth-order valence-corrected chi connectivity index (χ4v) is 2.50. The number of aromatic nitrogens is 2. The third-order valence-corrected chi connectivity index (χ3v) is 4.81. The van der Waals surface area contributed by atoms with Crippen molar-refractivity contribution < 1.29 is 4.74 Å². The molecule has 2 rings (SSSR count). The standard InChI is InChI=1S/C13H24N2OSi/c1-17(2,3)9-8-16-11-15-7-6-13(14-15)10-12-4-5-12/h6-7,12H,4-5,8-11H2,1-3H3. The minimum Gasteiger partial charge on any atom is -0.360 e. The number of ether oxygens (including phenoxy) is 1. The Balaban J connectivity index is 1.66. The molecule has 0 atom stereocenters. The summed E-state index contributed by atoms with van der Waals surface area (Å²) in [5, 5.41) is 4.53. The number of hydrogen-bond acceptors (Lipinski definition) is 2. The van der Waals surface area contributed by atoms with Gasteiger partial charge in [0.2, 0.25) is 0 Å². The van der Waals surface area contributed by atoms with Crippen molar-refractivity contribution in [1.29, 1.82) is 0 Å². The van der Waals surface area contributed by atoms with Crippen LogP contribution in [0.3, 0.4) is 0 Å². The second-order valence-corrected chi connectivity index (χ2v) is 12.0. The summed E-state index contributed by atoms with van der Waals surface area (Å²) in [6.45, 7) is 8.59. The van der Waals surface area contributed by atoms with Crippen LogP contribution >= 0.6 is 0 Å². The molecule has 1 aromatic heterocycles. The van der Waals surface area contributed by atoms with Gasteiger partial charge in [0.05, 0.1) is 5.69 Å². The Kier molecular flexibility index (Phi) is 4.04. The predicted octanol–water partition coefficient (Wildman–Crippen LogP) is 3.15. The molecule has 0 aromatic carbocycles. The predicted molar refractivity (Wildman–Crippen MR) is 72.8 cm³/mol. The molecule has 0 saturated heterocycles. The van der Waals surface area contributed by atoms with Crippen LogP contribution in [0.25, 0.3) is 0 Å². The summed E-state index contributed by atoms with van der Waals surface area (Å²) in [7, 11) is -0.958. The average Bonchev–Trinajstić information content (AvgIpc) is 2.91. The van der Waals surface area contributed by atoms with Crippen LogP contribution < -0.4 is 0 Å². The molecule has 0 bridgehead atoms. The Hall–Kier alpha value is -0.613. The van der Waals surface area contributed by atoms with Gasteiger partial charge in [-0.2, -0.15) is 5.10 Å². The van der Waals surface area contributed by atoms with Crippen LogP contribution in [0.2, 0.25) is 25.7 Å². The lowest BCUT2D eigenvalue weighted by atomic mass is 10.2. The monoisotopic (exact) mass is 252 g/mol. The molecule has 3 nitrogen and oxygen atoms in total. The minimum atomic E-state index is -0.958. The highest BCUT2D eigenvalue weighted by Crippen LogP contribution is 2.31. The Morgan fingerprint density at radius 2 is 2.18 bits per heavy atom. The molecule has 0 aliphatic heterocycles. The van der Waals surface area contributed by atoms with Crippen molar-refractivity contribution in [2.75, 3.05) is 6.61 Å². The van der Waals surface area contributed by atoms with E-state index in [1.54, 1.807) is 0 Å². The van der Waals surface area contributed by atoms with Crippen LogP contribution in [0.1, 0.15) is 18.5 Å². The summed E-state index contributed by atoms with van der Waals surface area (Å²) < 4.78 is 7.58. The zero-order valence-corrected chi connectivity index (χ0v) is 12.3. The molecule has 96 valence electrons. The van der Waals surface area contributed by atoms with Gasteiger partial charge in [0, 0.05) is 20.9 Å². The molecule has 17 heavy (non-hydrogen) atoms. The van der Waals surface area contributed by atoms with E-state index in [0.29, 0.717) is 6.73 Å². The first-order valence-corrected chi connectivity index (χ1v) is 10.3. The lowest BCUT2D eigenvalue weighted by molar-refractivity contribution is 0.0783. The fourth-order valence-electron chi connectivity index (χ4n) is 1.74. The summed E-state index contributed by atoms with van der Waals surface area (Å²) >= 11 is 0. The molecule has 0 unspecified atom stereocenters. The van der Waals surface area contributed by atoms with Crippen molar-refractivity contribution in [3.63, 3.8) is 0 Å². The SMILES string of the molecule is C[Si](C)(C)CCOCn1ccc(CC2CC2)n1. The molecule has 4 heteroatoms. The second kappa shape index (κ2) is 5.36. The maximum Gasteiger partial charge on any atom is 0.139 e. The van der Waals surface area contributed by atoms with E-state index in [-0.39, 0.29) is 0 Å². The first kappa shape index (κ1) is 12.8. The van der Waals surface area contributed by atoms with Crippen LogP contribution in [0, 0.1) is 5.92 Å². The van der Waals surface area contributed by atoms with E-state index in [1.807, 2.05) is 10.9 Å². The Bertz CT molecular complexity index is 353. The van der Waals surface area contributed by atoms with Crippen molar-refractivity contribution in [3.05, 3.63) is 18.0 Å². The van der Waals surface area contributed by atoms with Crippen molar-refractivity contribution in [2.45, 2.75) is 51.7 Å². The van der Waals surface area contributed by atoms with Crippen molar-refractivity contribution >= 4 is 8.07 Å². The van der Waals surface area contributed by atoms with E-state index in [4.69, 9.17) is 4.74 Å². The Morgan fingerprint density at radius 1 is 1.41 bits per heavy atom. The lowest BCUT2D eigenvalue weighted by Gasteiger charge is -2.15. The first-order valence-electron chi connectivity index (χ1n) is 6.63. The van der Waals surface area contributed by atoms with Crippen LogP contribution in [-0.2, 0) is 17.9 Å². The van der Waals surface area contributed by atoms with Crippen LogP contribution in [-0.4, -0.2) is 24.5 Å². The summed E-state index contributed by atoms with van der Waals surface area (Å²) in [6.07, 6.45) is 5.97. The van der Waals surface area contributed by atoms with E-state index in [2.05, 4.69) is 30.8 Å². The van der Waals surface area contributed by atoms with Crippen molar-refractivity contribution in [3.8, 4) is 0 Å².